The quantitative estimate of drug-likeness (QED) is 0.403. The van der Waals surface area contributed by atoms with Gasteiger partial charge in [-0.05, 0) is 23.3 Å². The summed E-state index contributed by atoms with van der Waals surface area (Å²) in [6.45, 7) is -0.132. The highest BCUT2D eigenvalue weighted by Gasteiger charge is 2.35. The fourth-order valence-corrected chi connectivity index (χ4v) is 5.87. The number of benzene rings is 3. The molecule has 3 aromatic carbocycles. The van der Waals surface area contributed by atoms with Crippen LogP contribution < -0.4 is 21.7 Å². The average molecular weight is 538 g/mol. The van der Waals surface area contributed by atoms with Crippen LogP contribution in [0.3, 0.4) is 0 Å². The van der Waals surface area contributed by atoms with E-state index in [1.807, 2.05) is 30.3 Å². The summed E-state index contributed by atoms with van der Waals surface area (Å²) in [7, 11) is -3.61. The minimum atomic E-state index is -3.61. The smallest absolute Gasteiger partial charge is 0.334 e. The summed E-state index contributed by atoms with van der Waals surface area (Å²) in [5, 5.41) is 0.309. The summed E-state index contributed by atoms with van der Waals surface area (Å²) in [6, 6.07) is 21.0. The van der Waals surface area contributed by atoms with Crippen molar-refractivity contribution in [2.45, 2.75) is 23.5 Å². The van der Waals surface area contributed by atoms with Crippen LogP contribution in [0.1, 0.15) is 23.2 Å². The number of fused-ring (bicyclic) bond motifs is 1. The van der Waals surface area contributed by atoms with Gasteiger partial charge in [0.15, 0.2) is 9.84 Å². The Labute approximate surface area is 218 Å². The third kappa shape index (κ3) is 4.50. The first-order valence-electron chi connectivity index (χ1n) is 11.5. The maximum Gasteiger partial charge on any atom is 0.334 e. The predicted molar refractivity (Wildman–Crippen MR) is 142 cm³/mol. The molecule has 2 atom stereocenters. The van der Waals surface area contributed by atoms with Crippen LogP contribution >= 0.6 is 11.6 Å². The van der Waals surface area contributed by atoms with E-state index in [0.717, 1.165) is 16.4 Å². The van der Waals surface area contributed by atoms with Crippen LogP contribution in [0.2, 0.25) is 5.02 Å². The number of aromatic nitrogens is 2. The molecule has 0 radical (unpaired) electrons. The first-order valence-corrected chi connectivity index (χ1v) is 13.8. The standard InChI is InChI=1S/C27H24ClN3O5S/c1-37(34,35)23-14-8-6-12-19(23)22-16-36-26-24(18-11-5-7-13-20(18)28)25(32)30(27(33)31(22)26)15-21(29)17-9-3-2-4-10-17/h2-14,21-22H,15-16,29H2,1H3. The lowest BCUT2D eigenvalue weighted by atomic mass is 10.1. The van der Waals surface area contributed by atoms with Gasteiger partial charge in [0.1, 0.15) is 18.2 Å². The van der Waals surface area contributed by atoms with Gasteiger partial charge in [-0.1, -0.05) is 78.3 Å². The third-order valence-electron chi connectivity index (χ3n) is 6.45. The van der Waals surface area contributed by atoms with Gasteiger partial charge in [-0.15, -0.1) is 0 Å². The van der Waals surface area contributed by atoms with Crippen LogP contribution in [-0.4, -0.2) is 30.4 Å². The molecule has 0 amide bonds. The summed E-state index contributed by atoms with van der Waals surface area (Å²) in [4.78, 5) is 27.8. The summed E-state index contributed by atoms with van der Waals surface area (Å²) in [5.41, 5.74) is 6.85. The second kappa shape index (κ2) is 9.66. The van der Waals surface area contributed by atoms with Gasteiger partial charge in [-0.2, -0.15) is 0 Å². The van der Waals surface area contributed by atoms with Crippen molar-refractivity contribution in [3.8, 4) is 17.0 Å². The second-order valence-corrected chi connectivity index (χ2v) is 11.3. The fourth-order valence-electron chi connectivity index (χ4n) is 4.68. The zero-order valence-corrected chi connectivity index (χ0v) is 21.4. The Hall–Kier alpha value is -3.66. The van der Waals surface area contributed by atoms with Gasteiger partial charge in [0.05, 0.1) is 11.4 Å². The van der Waals surface area contributed by atoms with E-state index in [2.05, 4.69) is 0 Å². The Kier molecular flexibility index (Phi) is 6.53. The molecule has 1 aliphatic heterocycles. The molecule has 2 heterocycles. The van der Waals surface area contributed by atoms with Gasteiger partial charge in [-0.25, -0.2) is 13.2 Å². The molecule has 8 nitrogen and oxygen atoms in total. The van der Waals surface area contributed by atoms with Gasteiger partial charge in [0.25, 0.3) is 5.56 Å². The van der Waals surface area contributed by atoms with Gasteiger partial charge in [0.2, 0.25) is 5.88 Å². The number of hydrogen-bond donors (Lipinski definition) is 1. The Morgan fingerprint density at radius 1 is 1.00 bits per heavy atom. The van der Waals surface area contributed by atoms with E-state index in [1.54, 1.807) is 42.5 Å². The largest absolute Gasteiger partial charge is 0.476 e. The van der Waals surface area contributed by atoms with Gasteiger partial charge in [0, 0.05) is 22.9 Å². The van der Waals surface area contributed by atoms with E-state index >= 15 is 0 Å². The van der Waals surface area contributed by atoms with E-state index in [4.69, 9.17) is 22.1 Å². The zero-order chi connectivity index (χ0) is 26.3. The van der Waals surface area contributed by atoms with Crippen molar-refractivity contribution in [3.63, 3.8) is 0 Å². The number of halogens is 1. The maximum absolute atomic E-state index is 13.9. The minimum Gasteiger partial charge on any atom is -0.476 e. The molecule has 0 spiro atoms. The molecular weight excluding hydrogens is 514 g/mol. The fraction of sp³-hybridized carbons (Fsp3) is 0.185. The number of ether oxygens (including phenoxy) is 1. The van der Waals surface area contributed by atoms with Crippen LogP contribution in [0.25, 0.3) is 11.1 Å². The van der Waals surface area contributed by atoms with Crippen LogP contribution in [0.5, 0.6) is 5.88 Å². The molecular formula is C27H24ClN3O5S. The van der Waals surface area contributed by atoms with E-state index in [-0.39, 0.29) is 29.5 Å². The lowest BCUT2D eigenvalue weighted by Crippen LogP contribution is -2.43. The van der Waals surface area contributed by atoms with E-state index in [9.17, 15) is 18.0 Å². The van der Waals surface area contributed by atoms with Crippen molar-refractivity contribution in [2.24, 2.45) is 5.73 Å². The maximum atomic E-state index is 13.9. The predicted octanol–water partition coefficient (Wildman–Crippen LogP) is 3.42. The van der Waals surface area contributed by atoms with E-state index < -0.39 is 33.2 Å². The first kappa shape index (κ1) is 25.0. The molecule has 4 aromatic rings. The Balaban J connectivity index is 1.77. The molecule has 1 aliphatic rings. The molecule has 0 fully saturated rings. The number of nitrogens with zero attached hydrogens (tertiary/aromatic N) is 2. The monoisotopic (exact) mass is 537 g/mol. The minimum absolute atomic E-state index is 0.0343. The van der Waals surface area contributed by atoms with E-state index in [1.165, 1.54) is 10.6 Å². The highest BCUT2D eigenvalue weighted by molar-refractivity contribution is 7.90. The SMILES string of the molecule is CS(=O)(=O)c1ccccc1C1COc2c(-c3ccccc3Cl)c(=O)n(CC(N)c3ccccc3)c(=O)n21. The molecule has 2 N–H and O–H groups in total. The summed E-state index contributed by atoms with van der Waals surface area (Å²) in [6.07, 6.45) is 1.11. The van der Waals surface area contributed by atoms with Crippen molar-refractivity contribution >= 4 is 21.4 Å². The van der Waals surface area contributed by atoms with Crippen LogP contribution in [0.4, 0.5) is 0 Å². The van der Waals surface area contributed by atoms with Crippen molar-refractivity contribution in [1.29, 1.82) is 0 Å². The topological polar surface area (TPSA) is 113 Å². The number of nitrogens with two attached hydrogens (primary N) is 1. The Morgan fingerprint density at radius 2 is 1.65 bits per heavy atom. The van der Waals surface area contributed by atoms with Gasteiger partial charge in [-0.3, -0.25) is 13.9 Å². The number of sulfone groups is 1. The summed E-state index contributed by atoms with van der Waals surface area (Å²) >= 11 is 6.47. The van der Waals surface area contributed by atoms with Crippen molar-refractivity contribution in [2.75, 3.05) is 12.9 Å². The third-order valence-corrected chi connectivity index (χ3v) is 7.95. The summed E-state index contributed by atoms with van der Waals surface area (Å²) in [5.74, 6) is 0.0425. The first-order chi connectivity index (χ1) is 17.7. The van der Waals surface area contributed by atoms with E-state index in [0.29, 0.717) is 16.1 Å². The molecule has 37 heavy (non-hydrogen) atoms. The second-order valence-electron chi connectivity index (χ2n) is 8.88. The zero-order valence-electron chi connectivity index (χ0n) is 19.9. The van der Waals surface area contributed by atoms with Gasteiger partial charge < -0.3 is 10.5 Å². The van der Waals surface area contributed by atoms with Crippen LogP contribution in [0.15, 0.2) is 93.3 Å². The number of hydrogen-bond acceptors (Lipinski definition) is 6. The highest BCUT2D eigenvalue weighted by atomic mass is 35.5. The Bertz CT molecular complexity index is 1710. The normalized spacial score (nSPS) is 15.7. The molecule has 0 bridgehead atoms. The van der Waals surface area contributed by atoms with Crippen LogP contribution in [-0.2, 0) is 16.4 Å². The Morgan fingerprint density at radius 3 is 2.35 bits per heavy atom. The van der Waals surface area contributed by atoms with Crippen molar-refractivity contribution < 1.29 is 13.2 Å². The van der Waals surface area contributed by atoms with Crippen molar-refractivity contribution in [1.82, 2.24) is 9.13 Å². The van der Waals surface area contributed by atoms with Crippen LogP contribution in [0, 0.1) is 0 Å². The lowest BCUT2D eigenvalue weighted by Gasteiger charge is -2.20. The molecule has 0 aliphatic carbocycles. The molecule has 0 saturated heterocycles. The summed E-state index contributed by atoms with van der Waals surface area (Å²) < 4.78 is 33.4. The van der Waals surface area contributed by atoms with Gasteiger partial charge >= 0.3 is 5.69 Å². The molecule has 5 rings (SSSR count). The molecule has 2 unspecified atom stereocenters. The molecule has 10 heteroatoms. The molecule has 1 aromatic heterocycles. The molecule has 190 valence electrons. The number of rotatable bonds is 6. The average Bonchev–Trinajstić information content (AvgIpc) is 3.32. The molecule has 0 saturated carbocycles. The van der Waals surface area contributed by atoms with Crippen molar-refractivity contribution in [3.05, 3.63) is 116 Å². The lowest BCUT2D eigenvalue weighted by molar-refractivity contribution is 0.342. The highest BCUT2D eigenvalue weighted by Crippen LogP contribution is 2.39.